The molecule has 6 aliphatic heterocycles. The van der Waals surface area contributed by atoms with Crippen LogP contribution in [0.3, 0.4) is 0 Å². The summed E-state index contributed by atoms with van der Waals surface area (Å²) in [5, 5.41) is 15.2. The lowest BCUT2D eigenvalue weighted by Crippen LogP contribution is -2.55. The van der Waals surface area contributed by atoms with Crippen LogP contribution >= 0.6 is 23.2 Å². The van der Waals surface area contributed by atoms with E-state index in [0.29, 0.717) is 107 Å². The molecule has 25 heteroatoms. The highest BCUT2D eigenvalue weighted by molar-refractivity contribution is 6.37. The van der Waals surface area contributed by atoms with Gasteiger partial charge in [-0.15, -0.1) is 0 Å². The summed E-state index contributed by atoms with van der Waals surface area (Å²) in [5.41, 5.74) is 6.77. The van der Waals surface area contributed by atoms with Gasteiger partial charge >= 0.3 is 18.2 Å². The van der Waals surface area contributed by atoms with Crippen molar-refractivity contribution in [3.8, 4) is 18.1 Å². The van der Waals surface area contributed by atoms with Crippen LogP contribution < -0.4 is 29.1 Å². The van der Waals surface area contributed by atoms with Gasteiger partial charge in [-0.25, -0.2) is 8.78 Å². The molecule has 0 aliphatic carbocycles. The fourth-order valence-corrected chi connectivity index (χ4v) is 14.8. The Balaban J connectivity index is 0.773. The number of hydrogen-bond donors (Lipinski definition) is 0. The minimum Gasteiger partial charge on any atom is -0.462 e. The monoisotopic (exact) mass is 1300 g/mol. The molecule has 6 aliphatic rings. The minimum absolute atomic E-state index is 0.00103. The maximum atomic E-state index is 13.3. The predicted molar refractivity (Wildman–Crippen MR) is 346 cm³/mol. The van der Waals surface area contributed by atoms with Gasteiger partial charge in [0.25, 0.3) is 6.43 Å². The van der Waals surface area contributed by atoms with Gasteiger partial charge in [0.15, 0.2) is 0 Å². The van der Waals surface area contributed by atoms with Crippen LogP contribution in [-0.4, -0.2) is 206 Å². The summed E-state index contributed by atoms with van der Waals surface area (Å²) in [6.07, 6.45) is 1.31. The molecule has 4 saturated heterocycles. The lowest BCUT2D eigenvalue weighted by atomic mass is 9.90. The summed E-state index contributed by atoms with van der Waals surface area (Å²) in [6.45, 7) is 6.28. The molecule has 0 spiro atoms. The maximum Gasteiger partial charge on any atom is 0.401 e. The first-order valence-corrected chi connectivity index (χ1v) is 32.3. The van der Waals surface area contributed by atoms with Gasteiger partial charge in [-0.1, -0.05) is 71.7 Å². The lowest BCUT2D eigenvalue weighted by Gasteiger charge is -2.42. The molecule has 4 fully saturated rings. The molecule has 6 aromatic rings. The van der Waals surface area contributed by atoms with Crippen molar-refractivity contribution in [2.75, 3.05) is 139 Å². The first-order chi connectivity index (χ1) is 44.4. The highest BCUT2D eigenvalue weighted by Gasteiger charge is 2.38. The molecule has 0 bridgehead atoms. The van der Waals surface area contributed by atoms with Gasteiger partial charge in [0.05, 0.1) is 59.6 Å². The number of allylic oxidation sites excluding steroid dienone is 1. The molecule has 4 aromatic carbocycles. The third-order valence-corrected chi connectivity index (χ3v) is 19.6. The molecule has 4 atom stereocenters. The summed E-state index contributed by atoms with van der Waals surface area (Å²) in [5.74, 6) is 0.767. The van der Waals surface area contributed by atoms with Crippen molar-refractivity contribution in [3.05, 3.63) is 129 Å². The predicted octanol–water partition coefficient (Wildman–Crippen LogP) is 9.80. The minimum atomic E-state index is -4.33. The van der Waals surface area contributed by atoms with Crippen LogP contribution in [-0.2, 0) is 35.5 Å². The van der Waals surface area contributed by atoms with Crippen molar-refractivity contribution in [2.45, 2.75) is 88.3 Å². The number of alkyl halides is 5. The number of likely N-dealkylation sites (N-methyl/N-ethyl adjacent to an activating group) is 3. The summed E-state index contributed by atoms with van der Waals surface area (Å²) in [7, 11) is 5.57. The first-order valence-electron chi connectivity index (χ1n) is 31.5. The number of benzene rings is 4. The van der Waals surface area contributed by atoms with E-state index >= 15 is 0 Å². The standard InChI is InChI=1S/C67H75Cl2F5N14O4/c1-80(42-67(72,73)74)25-8-16-59(89)83-29-31-84(32-30-83)63-50-22-27-85(56-15-5-10-43-9-4-13-52(68)61(43)56)38-54(50)76-65(78-63)92-41-47-35-44(36-82(47)3)48-17-18-57(62-49(48)12-6-14-53(62)69)86-28-23-51-55(39-86)77-66(91-40-46-11-7-26-81(46)2)79-64(51)87-33-34-88(45(37-87)21-24-75)60(90)20-19-58(70)71/h4-6,8-10,12-20,44-47,58H,7,11,21-23,25-42H2,1-3H3/b16-8+,20-19+/t44?,45-,46-,47-/m0/s1. The van der Waals surface area contributed by atoms with E-state index in [9.17, 15) is 36.8 Å². The molecule has 2 amide bonds. The number of carbonyl (C=O) groups is 2. The van der Waals surface area contributed by atoms with E-state index in [1.54, 1.807) is 4.90 Å². The zero-order valence-corrected chi connectivity index (χ0v) is 53.4. The van der Waals surface area contributed by atoms with Crippen LogP contribution in [0, 0.1) is 11.3 Å². The molecule has 486 valence electrons. The Morgan fingerprint density at radius 2 is 1.34 bits per heavy atom. The van der Waals surface area contributed by atoms with Gasteiger partial charge < -0.3 is 43.8 Å². The molecule has 1 unspecified atom stereocenters. The van der Waals surface area contributed by atoms with E-state index in [1.807, 2.05) is 30.3 Å². The van der Waals surface area contributed by atoms with Gasteiger partial charge in [-0.05, 0) is 112 Å². The van der Waals surface area contributed by atoms with Crippen molar-refractivity contribution in [3.63, 3.8) is 0 Å². The summed E-state index contributed by atoms with van der Waals surface area (Å²) in [6, 6.07) is 24.9. The van der Waals surface area contributed by atoms with E-state index in [2.05, 4.69) is 86.0 Å². The van der Waals surface area contributed by atoms with Gasteiger partial charge in [0, 0.05) is 130 Å². The number of nitriles is 1. The molecular weight excluding hydrogens is 1230 g/mol. The summed E-state index contributed by atoms with van der Waals surface area (Å²) < 4.78 is 78.2. The van der Waals surface area contributed by atoms with Crippen LogP contribution in [0.2, 0.25) is 10.0 Å². The number of hydrogen-bond acceptors (Lipinski definition) is 16. The summed E-state index contributed by atoms with van der Waals surface area (Å²) in [4.78, 5) is 64.7. The van der Waals surface area contributed by atoms with Crippen LogP contribution in [0.15, 0.2) is 91.0 Å². The van der Waals surface area contributed by atoms with Crippen molar-refractivity contribution in [1.82, 2.24) is 44.4 Å². The Labute approximate surface area is 542 Å². The number of amides is 2. The molecule has 0 N–H and O–H groups in total. The molecule has 18 nitrogen and oxygen atoms in total. The Kier molecular flexibility index (Phi) is 19.6. The Hall–Kier alpha value is -7.62. The lowest BCUT2D eigenvalue weighted by molar-refractivity contribution is -0.141. The zero-order chi connectivity index (χ0) is 64.4. The second kappa shape index (κ2) is 27.9. The van der Waals surface area contributed by atoms with Gasteiger partial charge in [0.1, 0.15) is 24.8 Å². The number of fused-ring (bicyclic) bond motifs is 4. The van der Waals surface area contributed by atoms with E-state index in [-0.39, 0.29) is 62.0 Å². The fraction of sp³-hybridized carbons (Fsp3) is 0.478. The quantitative estimate of drug-likeness (QED) is 0.0591. The number of aromatic nitrogens is 4. The van der Waals surface area contributed by atoms with E-state index < -0.39 is 31.1 Å². The fourth-order valence-electron chi connectivity index (χ4n) is 14.2. The third-order valence-electron chi connectivity index (χ3n) is 19.0. The number of likely N-dealkylation sites (tertiary alicyclic amines) is 2. The molecule has 8 heterocycles. The summed E-state index contributed by atoms with van der Waals surface area (Å²) >= 11 is 14.2. The molecule has 0 radical (unpaired) electrons. The van der Waals surface area contributed by atoms with Crippen molar-refractivity contribution in [2.24, 2.45) is 0 Å². The molecular formula is C67H75Cl2F5N14O4. The molecule has 92 heavy (non-hydrogen) atoms. The smallest absolute Gasteiger partial charge is 0.401 e. The maximum absolute atomic E-state index is 13.3. The second-order valence-corrected chi connectivity index (χ2v) is 25.8. The van der Waals surface area contributed by atoms with Crippen LogP contribution in [0.1, 0.15) is 59.7 Å². The van der Waals surface area contributed by atoms with Crippen molar-refractivity contribution in [1.29, 1.82) is 5.26 Å². The Morgan fingerprint density at radius 3 is 1.99 bits per heavy atom. The number of nitrogens with zero attached hydrogens (tertiary/aromatic N) is 14. The molecule has 12 rings (SSSR count). The number of ether oxygens (including phenoxy) is 2. The van der Waals surface area contributed by atoms with Crippen molar-refractivity contribution >= 4 is 79.6 Å². The topological polar surface area (TPSA) is 157 Å². The van der Waals surface area contributed by atoms with Gasteiger partial charge in [-0.2, -0.15) is 38.4 Å². The largest absolute Gasteiger partial charge is 0.462 e. The van der Waals surface area contributed by atoms with Crippen molar-refractivity contribution < 1.29 is 41.0 Å². The average molecular weight is 1310 g/mol. The first kappa shape index (κ1) is 64.5. The SMILES string of the molecule is CN(C/C=C/C(=O)N1CCN(c2nc(OC[C@@H]3CC(c4ccc(N5CCc6c(nc(OC[C@@H]7CCCN7C)nc6N6CCN(C(=O)/C=C/C(F)F)[C@@H](CC#N)C6)C5)c5c(Cl)cccc45)CN3C)nc3c2CCN(c2cccc4cccc(Cl)c24)C3)CC1)CC(F)(F)F. The number of rotatable bonds is 18. The highest BCUT2D eigenvalue weighted by atomic mass is 35.5. The molecule has 0 saturated carbocycles. The van der Waals surface area contributed by atoms with Crippen LogP contribution in [0.5, 0.6) is 12.0 Å². The van der Waals surface area contributed by atoms with Crippen LogP contribution in [0.4, 0.5) is 45.0 Å². The Morgan fingerprint density at radius 1 is 0.707 bits per heavy atom. The van der Waals surface area contributed by atoms with Crippen LogP contribution in [0.25, 0.3) is 21.5 Å². The van der Waals surface area contributed by atoms with E-state index in [0.717, 1.165) is 105 Å². The number of anilines is 4. The second-order valence-electron chi connectivity index (χ2n) is 24.9. The number of carbonyl (C=O) groups excluding carboxylic acids is 2. The molecule has 2 aromatic heterocycles. The Bertz CT molecular complexity index is 3810. The normalized spacial score (nSPS) is 21.0. The van der Waals surface area contributed by atoms with E-state index in [4.69, 9.17) is 52.6 Å². The number of halogens is 7. The highest BCUT2D eigenvalue weighted by Crippen LogP contribution is 2.44. The van der Waals surface area contributed by atoms with E-state index in [1.165, 1.54) is 29.7 Å². The zero-order valence-electron chi connectivity index (χ0n) is 51.9. The average Bonchev–Trinajstić information content (AvgIpc) is 1.01. The van der Waals surface area contributed by atoms with Gasteiger partial charge in [-0.3, -0.25) is 19.4 Å². The third kappa shape index (κ3) is 14.3. The number of piperazine rings is 2. The van der Waals surface area contributed by atoms with Gasteiger partial charge in [0.2, 0.25) is 11.8 Å².